The molecule has 0 aromatic heterocycles. The van der Waals surface area contributed by atoms with Gasteiger partial charge in [0, 0.05) is 16.8 Å². The van der Waals surface area contributed by atoms with Gasteiger partial charge in [-0.3, -0.25) is 9.69 Å². The van der Waals surface area contributed by atoms with E-state index >= 15 is 0 Å². The third kappa shape index (κ3) is 2.12. The van der Waals surface area contributed by atoms with Gasteiger partial charge in [0.2, 0.25) is 0 Å². The Hall–Kier alpha value is -3.31. The molecule has 2 heteroatoms. The number of anilines is 1. The molecule has 0 saturated carbocycles. The first kappa shape index (κ1) is 15.9. The largest absolute Gasteiger partial charge is 0.296 e. The summed E-state index contributed by atoms with van der Waals surface area (Å²) in [6.07, 6.45) is 0. The lowest BCUT2D eigenvalue weighted by molar-refractivity contribution is 0.0982. The average Bonchev–Trinajstić information content (AvgIpc) is 3.07. The van der Waals surface area contributed by atoms with Crippen LogP contribution in [0.2, 0.25) is 0 Å². The Morgan fingerprint density at radius 3 is 2.52 bits per heavy atom. The second-order valence-electron chi connectivity index (χ2n) is 7.46. The van der Waals surface area contributed by atoms with E-state index in [1.807, 2.05) is 65.6 Å². The Kier molecular flexibility index (Phi) is 3.29. The summed E-state index contributed by atoms with van der Waals surface area (Å²) in [6.45, 7) is 4.23. The van der Waals surface area contributed by atoms with Gasteiger partial charge in [-0.05, 0) is 49.2 Å². The van der Waals surface area contributed by atoms with Gasteiger partial charge in [0.15, 0.2) is 0 Å². The molecular formula is C25H19NO. The van der Waals surface area contributed by atoms with E-state index in [-0.39, 0.29) is 11.8 Å². The highest BCUT2D eigenvalue weighted by Gasteiger charge is 2.57. The van der Waals surface area contributed by atoms with Gasteiger partial charge in [0.05, 0.1) is 11.5 Å². The number of amides is 1. The van der Waals surface area contributed by atoms with Crippen molar-refractivity contribution < 1.29 is 4.79 Å². The number of hydrogen-bond donors (Lipinski definition) is 0. The molecule has 0 fully saturated rings. The van der Waals surface area contributed by atoms with Crippen LogP contribution in [0.25, 0.3) is 0 Å². The molecule has 0 bridgehead atoms. The minimum Gasteiger partial charge on any atom is -0.296 e. The van der Waals surface area contributed by atoms with Gasteiger partial charge in [-0.2, -0.15) is 0 Å². The van der Waals surface area contributed by atoms with E-state index in [0.717, 1.165) is 33.5 Å². The topological polar surface area (TPSA) is 20.3 Å². The molecule has 2 atom stereocenters. The van der Waals surface area contributed by atoms with Gasteiger partial charge in [0.1, 0.15) is 0 Å². The van der Waals surface area contributed by atoms with Crippen LogP contribution in [0.5, 0.6) is 0 Å². The lowest BCUT2D eigenvalue weighted by atomic mass is 9.78. The maximum absolute atomic E-state index is 13.3. The fourth-order valence-corrected chi connectivity index (χ4v) is 4.49. The monoisotopic (exact) mass is 349 g/mol. The number of benzene rings is 3. The molecule has 0 saturated heterocycles. The van der Waals surface area contributed by atoms with Crippen molar-refractivity contribution >= 4 is 11.6 Å². The van der Waals surface area contributed by atoms with Crippen molar-refractivity contribution in [1.29, 1.82) is 0 Å². The van der Waals surface area contributed by atoms with Crippen LogP contribution in [0.15, 0.2) is 72.8 Å². The van der Waals surface area contributed by atoms with Crippen LogP contribution >= 0.6 is 0 Å². The van der Waals surface area contributed by atoms with E-state index in [1.165, 1.54) is 0 Å². The predicted octanol–water partition coefficient (Wildman–Crippen LogP) is 5.02. The zero-order valence-electron chi connectivity index (χ0n) is 15.4. The summed E-state index contributed by atoms with van der Waals surface area (Å²) in [5.41, 5.74) is 5.65. The predicted molar refractivity (Wildman–Crippen MR) is 108 cm³/mol. The molecule has 1 amide bonds. The second-order valence-corrected chi connectivity index (χ2v) is 7.46. The van der Waals surface area contributed by atoms with Crippen LogP contribution < -0.4 is 4.90 Å². The van der Waals surface area contributed by atoms with Crippen molar-refractivity contribution in [3.05, 3.63) is 101 Å². The smallest absolute Gasteiger partial charge is 0.259 e. The molecule has 27 heavy (non-hydrogen) atoms. The summed E-state index contributed by atoms with van der Waals surface area (Å²) >= 11 is 0. The molecule has 2 aliphatic rings. The third-order valence-electron chi connectivity index (χ3n) is 5.80. The Balaban J connectivity index is 1.74. The number of carbonyl (C=O) groups is 1. The molecule has 0 unspecified atom stereocenters. The maximum Gasteiger partial charge on any atom is 0.259 e. The number of hydrogen-bond acceptors (Lipinski definition) is 1. The fourth-order valence-electron chi connectivity index (χ4n) is 4.49. The molecule has 0 N–H and O–H groups in total. The molecule has 130 valence electrons. The number of carbonyl (C=O) groups excluding carboxylic acids is 1. The number of para-hydroxylation sites is 1. The van der Waals surface area contributed by atoms with Crippen LogP contribution in [0.4, 0.5) is 5.69 Å². The minimum atomic E-state index is -0.482. The van der Waals surface area contributed by atoms with Crippen molar-refractivity contribution in [2.45, 2.75) is 25.3 Å². The maximum atomic E-state index is 13.3. The summed E-state index contributed by atoms with van der Waals surface area (Å²) < 4.78 is 0. The van der Waals surface area contributed by atoms with E-state index in [1.54, 1.807) is 0 Å². The number of fused-ring (bicyclic) bond motifs is 5. The normalized spacial score (nSPS) is 21.9. The molecule has 0 radical (unpaired) electrons. The van der Waals surface area contributed by atoms with E-state index < -0.39 is 5.54 Å². The van der Waals surface area contributed by atoms with Crippen molar-refractivity contribution in [3.8, 4) is 11.8 Å². The number of nitrogens with zero attached hydrogens (tertiary/aromatic N) is 1. The van der Waals surface area contributed by atoms with Crippen molar-refractivity contribution in [3.63, 3.8) is 0 Å². The van der Waals surface area contributed by atoms with Crippen LogP contribution in [0.1, 0.15) is 45.5 Å². The summed E-state index contributed by atoms with van der Waals surface area (Å²) in [5.74, 6) is 6.85. The highest BCUT2D eigenvalue weighted by atomic mass is 16.2. The standard InChI is InChI=1S/C25H19NO/c1-17-12-14-20-22(16-17)25(2)21(15-13-18-8-4-3-5-9-18)19-10-6-7-11-23(19)26(25)24(20)27/h3-12,14,16,21H,1-2H3/t21-,25+/m1/s1. The van der Waals surface area contributed by atoms with Crippen molar-refractivity contribution in [2.75, 3.05) is 4.90 Å². The lowest BCUT2D eigenvalue weighted by Gasteiger charge is -2.32. The average molecular weight is 349 g/mol. The van der Waals surface area contributed by atoms with Crippen LogP contribution in [0, 0.1) is 18.8 Å². The molecule has 0 spiro atoms. The van der Waals surface area contributed by atoms with Gasteiger partial charge < -0.3 is 0 Å². The second kappa shape index (κ2) is 5.59. The van der Waals surface area contributed by atoms with Gasteiger partial charge in [-0.25, -0.2) is 0 Å². The minimum absolute atomic E-state index is 0.0686. The summed E-state index contributed by atoms with van der Waals surface area (Å²) in [4.78, 5) is 15.2. The van der Waals surface area contributed by atoms with Crippen molar-refractivity contribution in [1.82, 2.24) is 0 Å². The first-order chi connectivity index (χ1) is 13.1. The van der Waals surface area contributed by atoms with E-state index in [2.05, 4.69) is 37.8 Å². The molecule has 0 aliphatic carbocycles. The number of rotatable bonds is 0. The Labute approximate surface area is 159 Å². The molecule has 2 nitrogen and oxygen atoms in total. The first-order valence-electron chi connectivity index (χ1n) is 9.22. The zero-order valence-corrected chi connectivity index (χ0v) is 15.4. The van der Waals surface area contributed by atoms with E-state index in [4.69, 9.17) is 0 Å². The molecule has 2 heterocycles. The lowest BCUT2D eigenvalue weighted by Crippen LogP contribution is -2.40. The quantitative estimate of drug-likeness (QED) is 0.522. The Morgan fingerprint density at radius 1 is 0.963 bits per heavy atom. The van der Waals surface area contributed by atoms with Crippen LogP contribution in [0.3, 0.4) is 0 Å². The molecule has 3 aromatic rings. The van der Waals surface area contributed by atoms with Crippen LogP contribution in [-0.2, 0) is 5.54 Å². The summed E-state index contributed by atoms with van der Waals surface area (Å²) in [6, 6.07) is 24.3. The van der Waals surface area contributed by atoms with Crippen LogP contribution in [-0.4, -0.2) is 5.91 Å². The molecular weight excluding hydrogens is 330 g/mol. The first-order valence-corrected chi connectivity index (χ1v) is 9.22. The fraction of sp³-hybridized carbons (Fsp3) is 0.160. The van der Waals surface area contributed by atoms with Gasteiger partial charge in [-0.15, -0.1) is 0 Å². The Bertz CT molecular complexity index is 1140. The molecule has 2 aliphatic heterocycles. The van der Waals surface area contributed by atoms with E-state index in [0.29, 0.717) is 0 Å². The molecule has 5 rings (SSSR count). The molecule has 3 aromatic carbocycles. The van der Waals surface area contributed by atoms with Gasteiger partial charge >= 0.3 is 0 Å². The Morgan fingerprint density at radius 2 is 1.70 bits per heavy atom. The van der Waals surface area contributed by atoms with Gasteiger partial charge in [0.25, 0.3) is 5.91 Å². The van der Waals surface area contributed by atoms with Gasteiger partial charge in [-0.1, -0.05) is 65.9 Å². The summed E-state index contributed by atoms with van der Waals surface area (Å²) in [5, 5.41) is 0. The highest BCUT2D eigenvalue weighted by molar-refractivity contribution is 6.14. The van der Waals surface area contributed by atoms with E-state index in [9.17, 15) is 4.79 Å². The third-order valence-corrected chi connectivity index (χ3v) is 5.80. The van der Waals surface area contributed by atoms with Crippen molar-refractivity contribution in [2.24, 2.45) is 0 Å². The SMILES string of the molecule is Cc1ccc2c(c1)[C@]1(C)[C@H](C#Cc3ccccc3)c3ccccc3N1C2=O. The zero-order chi connectivity index (χ0) is 18.6. The highest BCUT2D eigenvalue weighted by Crippen LogP contribution is 2.57. The summed E-state index contributed by atoms with van der Waals surface area (Å²) in [7, 11) is 0. The number of aryl methyl sites for hydroxylation is 1.